The van der Waals surface area contributed by atoms with Crippen LogP contribution in [0.3, 0.4) is 0 Å². The molecule has 0 aliphatic carbocycles. The van der Waals surface area contributed by atoms with Crippen molar-refractivity contribution in [2.24, 2.45) is 0 Å². The summed E-state index contributed by atoms with van der Waals surface area (Å²) in [6.07, 6.45) is 1.27. The average molecular weight is 491 g/mol. The van der Waals surface area contributed by atoms with Crippen LogP contribution in [0.2, 0.25) is 0 Å². The SMILES string of the molecule is COP(=O)(O)CS(=O)(=O)c1ccc(CC(=O)c2nc(-c3ccc(C)c(O)c3)cnc2N)cc1. The maximum atomic E-state index is 12.8. The molecule has 4 N–H and O–H groups in total. The summed E-state index contributed by atoms with van der Waals surface area (Å²) in [5.74, 6) is -0.414. The first-order valence-corrected chi connectivity index (χ1v) is 13.0. The number of anilines is 1. The van der Waals surface area contributed by atoms with Gasteiger partial charge in [-0.2, -0.15) is 0 Å². The number of hydrogen-bond acceptors (Lipinski definition) is 9. The number of benzene rings is 2. The molecule has 1 atom stereocenters. The summed E-state index contributed by atoms with van der Waals surface area (Å²) in [5, 5.41) is 9.93. The minimum Gasteiger partial charge on any atom is -0.508 e. The van der Waals surface area contributed by atoms with E-state index in [4.69, 9.17) is 5.73 Å². The monoisotopic (exact) mass is 491 g/mol. The maximum Gasteiger partial charge on any atom is 0.343 e. The lowest BCUT2D eigenvalue weighted by Crippen LogP contribution is -2.12. The summed E-state index contributed by atoms with van der Waals surface area (Å²) in [6.45, 7) is 1.75. The molecule has 10 nitrogen and oxygen atoms in total. The molecule has 0 saturated carbocycles. The predicted octanol–water partition coefficient (Wildman–Crippen LogP) is 2.73. The molecule has 0 bridgehead atoms. The average Bonchev–Trinajstić information content (AvgIpc) is 2.75. The molecule has 174 valence electrons. The van der Waals surface area contributed by atoms with Crippen molar-refractivity contribution < 1.29 is 32.3 Å². The van der Waals surface area contributed by atoms with Gasteiger partial charge in [0, 0.05) is 19.1 Å². The highest BCUT2D eigenvalue weighted by atomic mass is 32.2. The summed E-state index contributed by atoms with van der Waals surface area (Å²) in [6, 6.07) is 10.3. The van der Waals surface area contributed by atoms with Crippen molar-refractivity contribution in [3.05, 3.63) is 65.5 Å². The molecule has 0 aliphatic heterocycles. The quantitative estimate of drug-likeness (QED) is 0.314. The van der Waals surface area contributed by atoms with Gasteiger partial charge in [0.15, 0.2) is 26.9 Å². The van der Waals surface area contributed by atoms with Gasteiger partial charge < -0.3 is 20.3 Å². The van der Waals surface area contributed by atoms with E-state index in [-0.39, 0.29) is 28.6 Å². The van der Waals surface area contributed by atoms with Crippen molar-refractivity contribution in [3.63, 3.8) is 0 Å². The number of nitrogens with two attached hydrogens (primary N) is 1. The molecule has 0 spiro atoms. The van der Waals surface area contributed by atoms with Crippen LogP contribution in [0.15, 0.2) is 53.6 Å². The Morgan fingerprint density at radius 1 is 1.18 bits per heavy atom. The Morgan fingerprint density at radius 2 is 1.85 bits per heavy atom. The van der Waals surface area contributed by atoms with Crippen LogP contribution in [-0.4, -0.2) is 46.8 Å². The highest BCUT2D eigenvalue weighted by Gasteiger charge is 2.28. The standard InChI is InChI=1S/C21H22N3O7PS/c1-13-3-6-15(10-18(13)25)17-11-23-21(22)20(24-17)19(26)9-14-4-7-16(8-5-14)33(29,30)12-32(27,28)31-2/h3-8,10-11,25H,9,12H2,1-2H3,(H2,22,23)(H,27,28). The molecule has 1 heterocycles. The number of nitrogen functional groups attached to an aromatic ring is 1. The Balaban J connectivity index is 1.81. The maximum absolute atomic E-state index is 12.8. The summed E-state index contributed by atoms with van der Waals surface area (Å²) in [5.41, 5.74) is 6.83. The van der Waals surface area contributed by atoms with E-state index in [1.807, 2.05) is 0 Å². The molecule has 1 unspecified atom stereocenters. The molecule has 12 heteroatoms. The Bertz CT molecular complexity index is 1360. The lowest BCUT2D eigenvalue weighted by Gasteiger charge is -2.10. The first-order chi connectivity index (χ1) is 15.4. The third-order valence-corrected chi connectivity index (χ3v) is 9.06. The van der Waals surface area contributed by atoms with Crippen molar-refractivity contribution >= 4 is 29.0 Å². The second-order valence-corrected chi connectivity index (χ2v) is 11.7. The van der Waals surface area contributed by atoms with E-state index in [2.05, 4.69) is 14.5 Å². The minimum absolute atomic E-state index is 0.0504. The molecule has 0 aliphatic rings. The van der Waals surface area contributed by atoms with Gasteiger partial charge in [-0.15, -0.1) is 0 Å². The van der Waals surface area contributed by atoms with Crippen LogP contribution >= 0.6 is 7.60 Å². The Labute approximate surface area is 190 Å². The van der Waals surface area contributed by atoms with E-state index in [1.165, 1.54) is 36.5 Å². The van der Waals surface area contributed by atoms with Crippen molar-refractivity contribution in [1.82, 2.24) is 9.97 Å². The van der Waals surface area contributed by atoms with Crippen LogP contribution in [0.1, 0.15) is 21.6 Å². The number of sulfone groups is 1. The zero-order valence-electron chi connectivity index (χ0n) is 17.8. The summed E-state index contributed by atoms with van der Waals surface area (Å²) < 4.78 is 40.5. The Morgan fingerprint density at radius 3 is 2.45 bits per heavy atom. The van der Waals surface area contributed by atoms with Gasteiger partial charge in [-0.3, -0.25) is 9.36 Å². The second kappa shape index (κ2) is 9.40. The van der Waals surface area contributed by atoms with Crippen molar-refractivity contribution in [3.8, 4) is 17.0 Å². The number of aryl methyl sites for hydroxylation is 1. The fraction of sp³-hybridized carbons (Fsp3) is 0.190. The summed E-state index contributed by atoms with van der Waals surface area (Å²) in [4.78, 5) is 30.4. The molecule has 2 aromatic carbocycles. The fourth-order valence-electron chi connectivity index (χ4n) is 2.94. The van der Waals surface area contributed by atoms with Gasteiger partial charge >= 0.3 is 7.60 Å². The zero-order valence-corrected chi connectivity index (χ0v) is 19.5. The van der Waals surface area contributed by atoms with Crippen LogP contribution in [-0.2, 0) is 25.3 Å². The van der Waals surface area contributed by atoms with E-state index in [0.29, 0.717) is 22.4 Å². The largest absolute Gasteiger partial charge is 0.508 e. The molecule has 0 saturated heterocycles. The smallest absolute Gasteiger partial charge is 0.343 e. The van der Waals surface area contributed by atoms with E-state index in [1.54, 1.807) is 19.1 Å². The van der Waals surface area contributed by atoms with Gasteiger partial charge in [-0.25, -0.2) is 18.4 Å². The van der Waals surface area contributed by atoms with Crippen LogP contribution < -0.4 is 5.73 Å². The molecule has 3 aromatic rings. The normalized spacial score (nSPS) is 13.4. The van der Waals surface area contributed by atoms with Gasteiger partial charge in [0.2, 0.25) is 0 Å². The van der Waals surface area contributed by atoms with Gasteiger partial charge in [0.1, 0.15) is 11.4 Å². The number of aromatic hydroxyl groups is 1. The highest BCUT2D eigenvalue weighted by Crippen LogP contribution is 2.43. The second-order valence-electron chi connectivity index (χ2n) is 7.30. The number of carbonyl (C=O) groups is 1. The van der Waals surface area contributed by atoms with Crippen molar-refractivity contribution in [2.75, 3.05) is 18.3 Å². The third-order valence-electron chi connectivity index (χ3n) is 4.84. The topological polar surface area (TPSA) is 170 Å². The van der Waals surface area contributed by atoms with E-state index < -0.39 is 28.7 Å². The van der Waals surface area contributed by atoms with Gasteiger partial charge in [-0.1, -0.05) is 24.3 Å². The number of hydrogen-bond donors (Lipinski definition) is 3. The van der Waals surface area contributed by atoms with E-state index >= 15 is 0 Å². The fourth-order valence-corrected chi connectivity index (χ4v) is 6.22. The van der Waals surface area contributed by atoms with E-state index in [0.717, 1.165) is 7.11 Å². The summed E-state index contributed by atoms with van der Waals surface area (Å²) in [7, 11) is -7.37. The number of aromatic nitrogens is 2. The van der Waals surface area contributed by atoms with E-state index in [9.17, 15) is 27.8 Å². The van der Waals surface area contributed by atoms with Crippen LogP contribution in [0.5, 0.6) is 5.75 Å². The van der Waals surface area contributed by atoms with Gasteiger partial charge in [0.05, 0.1) is 16.8 Å². The minimum atomic E-state index is -4.26. The van der Waals surface area contributed by atoms with Crippen LogP contribution in [0.25, 0.3) is 11.3 Å². The van der Waals surface area contributed by atoms with Crippen molar-refractivity contribution in [2.45, 2.75) is 18.2 Å². The molecular weight excluding hydrogens is 469 g/mol. The van der Waals surface area contributed by atoms with Gasteiger partial charge in [0.25, 0.3) is 0 Å². The molecule has 0 fully saturated rings. The van der Waals surface area contributed by atoms with Crippen molar-refractivity contribution in [1.29, 1.82) is 0 Å². The Hall–Kier alpha value is -3.11. The first kappa shape index (κ1) is 24.5. The first-order valence-electron chi connectivity index (χ1n) is 9.57. The number of nitrogens with zero attached hydrogens (tertiary/aromatic N) is 2. The number of phenols is 1. The highest BCUT2D eigenvalue weighted by molar-refractivity contribution is 7.97. The third kappa shape index (κ3) is 5.82. The lowest BCUT2D eigenvalue weighted by molar-refractivity contribution is 0.0989. The molecule has 0 amide bonds. The lowest BCUT2D eigenvalue weighted by atomic mass is 10.1. The van der Waals surface area contributed by atoms with Crippen LogP contribution in [0.4, 0.5) is 5.82 Å². The summed E-state index contributed by atoms with van der Waals surface area (Å²) >= 11 is 0. The predicted molar refractivity (Wildman–Crippen MR) is 122 cm³/mol. The molecule has 3 rings (SSSR count). The Kier molecular flexibility index (Phi) is 6.99. The molecule has 0 radical (unpaired) electrons. The molecular formula is C21H22N3O7PS. The number of rotatable bonds is 8. The number of carbonyl (C=O) groups excluding carboxylic acids is 1. The number of phenolic OH excluding ortho intramolecular Hbond substituents is 1. The van der Waals surface area contributed by atoms with Crippen LogP contribution in [0, 0.1) is 6.92 Å². The number of Topliss-reactive ketones (excluding diaryl/α,β-unsaturated/α-hetero) is 1. The molecule has 33 heavy (non-hydrogen) atoms. The van der Waals surface area contributed by atoms with Gasteiger partial charge in [-0.05, 0) is 36.2 Å². The zero-order chi connectivity index (χ0) is 24.4. The number of ketones is 1. The molecule has 1 aromatic heterocycles.